The van der Waals surface area contributed by atoms with Gasteiger partial charge >= 0.3 is 0 Å². The number of nitrogens with zero attached hydrogens (tertiary/aromatic N) is 2. The lowest BCUT2D eigenvalue weighted by Gasteiger charge is -2.28. The zero-order chi connectivity index (χ0) is 13.8. The molecule has 0 saturated carbocycles. The Morgan fingerprint density at radius 1 is 1.53 bits per heavy atom. The Morgan fingerprint density at radius 2 is 2.32 bits per heavy atom. The number of non-ortho nitro benzene ring substituents is 1. The van der Waals surface area contributed by atoms with Crippen molar-refractivity contribution in [3.8, 4) is 0 Å². The maximum absolute atomic E-state index is 10.8. The van der Waals surface area contributed by atoms with Crippen molar-refractivity contribution in [1.82, 2.24) is 0 Å². The van der Waals surface area contributed by atoms with Crippen LogP contribution in [0.2, 0.25) is 0 Å². The van der Waals surface area contributed by atoms with Crippen molar-refractivity contribution in [3.05, 3.63) is 28.3 Å². The lowest BCUT2D eigenvalue weighted by atomic mass is 10.0. The van der Waals surface area contributed by atoms with Crippen LogP contribution in [-0.4, -0.2) is 31.7 Å². The van der Waals surface area contributed by atoms with Crippen LogP contribution in [0.1, 0.15) is 12.8 Å². The van der Waals surface area contributed by atoms with Gasteiger partial charge in [0.15, 0.2) is 0 Å². The summed E-state index contributed by atoms with van der Waals surface area (Å²) in [6.07, 6.45) is 2.21. The summed E-state index contributed by atoms with van der Waals surface area (Å²) in [6, 6.07) is 4.69. The van der Waals surface area contributed by atoms with Crippen LogP contribution in [0, 0.1) is 16.0 Å². The number of rotatable bonds is 4. The molecule has 1 fully saturated rings. The van der Waals surface area contributed by atoms with E-state index in [1.807, 2.05) is 11.9 Å². The van der Waals surface area contributed by atoms with Gasteiger partial charge < -0.3 is 15.4 Å². The molecule has 1 unspecified atom stereocenters. The summed E-state index contributed by atoms with van der Waals surface area (Å²) in [7, 11) is 1.92. The lowest BCUT2D eigenvalue weighted by Crippen LogP contribution is -2.30. The first-order chi connectivity index (χ1) is 9.06. The van der Waals surface area contributed by atoms with Gasteiger partial charge in [-0.3, -0.25) is 10.1 Å². The van der Waals surface area contributed by atoms with Crippen LogP contribution in [0.5, 0.6) is 0 Å². The van der Waals surface area contributed by atoms with E-state index in [1.165, 1.54) is 6.07 Å². The summed E-state index contributed by atoms with van der Waals surface area (Å²) >= 11 is 0. The fourth-order valence-corrected chi connectivity index (χ4v) is 2.39. The maximum atomic E-state index is 10.8. The number of benzene rings is 1. The summed E-state index contributed by atoms with van der Waals surface area (Å²) < 4.78 is 5.44. The molecular formula is C13H19N3O3. The van der Waals surface area contributed by atoms with Gasteiger partial charge in [-0.2, -0.15) is 0 Å². The first-order valence-electron chi connectivity index (χ1n) is 6.40. The number of nitrogen functional groups attached to an aromatic ring is 1. The molecule has 1 aromatic rings. The van der Waals surface area contributed by atoms with Gasteiger partial charge in [-0.1, -0.05) is 0 Å². The van der Waals surface area contributed by atoms with Gasteiger partial charge in [0.25, 0.3) is 5.69 Å². The molecule has 104 valence electrons. The minimum atomic E-state index is -0.419. The molecule has 0 radical (unpaired) electrons. The van der Waals surface area contributed by atoms with Crippen molar-refractivity contribution in [2.75, 3.05) is 37.4 Å². The Balaban J connectivity index is 2.09. The number of ether oxygens (including phenoxy) is 1. The van der Waals surface area contributed by atoms with Gasteiger partial charge in [-0.25, -0.2) is 0 Å². The van der Waals surface area contributed by atoms with Crippen LogP contribution in [0.3, 0.4) is 0 Å². The number of hydrogen-bond acceptors (Lipinski definition) is 5. The Morgan fingerprint density at radius 3 is 2.95 bits per heavy atom. The van der Waals surface area contributed by atoms with Crippen molar-refractivity contribution in [2.24, 2.45) is 5.92 Å². The van der Waals surface area contributed by atoms with E-state index in [9.17, 15) is 10.1 Å². The van der Waals surface area contributed by atoms with Gasteiger partial charge in [-0.05, 0) is 24.8 Å². The summed E-state index contributed by atoms with van der Waals surface area (Å²) in [5, 5.41) is 10.8. The van der Waals surface area contributed by atoms with E-state index in [2.05, 4.69) is 0 Å². The number of anilines is 2. The van der Waals surface area contributed by atoms with E-state index < -0.39 is 4.92 Å². The average Bonchev–Trinajstić information content (AvgIpc) is 2.39. The van der Waals surface area contributed by atoms with Crippen molar-refractivity contribution in [2.45, 2.75) is 12.8 Å². The number of nitrogens with two attached hydrogens (primary N) is 1. The summed E-state index contributed by atoms with van der Waals surface area (Å²) in [6.45, 7) is 2.42. The predicted octanol–water partition coefficient (Wildman–Crippen LogP) is 2.04. The van der Waals surface area contributed by atoms with E-state index in [4.69, 9.17) is 10.5 Å². The Labute approximate surface area is 112 Å². The molecule has 19 heavy (non-hydrogen) atoms. The highest BCUT2D eigenvalue weighted by Gasteiger charge is 2.17. The molecule has 1 heterocycles. The van der Waals surface area contributed by atoms with E-state index in [1.54, 1.807) is 12.1 Å². The van der Waals surface area contributed by atoms with Gasteiger partial charge in [0.05, 0.1) is 11.5 Å². The molecule has 1 aromatic carbocycles. The average molecular weight is 265 g/mol. The van der Waals surface area contributed by atoms with Crippen molar-refractivity contribution in [1.29, 1.82) is 0 Å². The second kappa shape index (κ2) is 5.88. The molecule has 0 aliphatic carbocycles. The Hall–Kier alpha value is -1.82. The topological polar surface area (TPSA) is 81.6 Å². The van der Waals surface area contributed by atoms with E-state index in [-0.39, 0.29) is 5.69 Å². The molecule has 1 saturated heterocycles. The monoisotopic (exact) mass is 265 g/mol. The van der Waals surface area contributed by atoms with Crippen LogP contribution in [-0.2, 0) is 4.74 Å². The second-order valence-electron chi connectivity index (χ2n) is 5.00. The molecule has 0 spiro atoms. The molecular weight excluding hydrogens is 246 g/mol. The normalized spacial score (nSPS) is 19.1. The van der Waals surface area contributed by atoms with Crippen LogP contribution < -0.4 is 10.6 Å². The van der Waals surface area contributed by atoms with Gasteiger partial charge in [0.2, 0.25) is 0 Å². The molecule has 0 bridgehead atoms. The third-order valence-electron chi connectivity index (χ3n) is 3.36. The number of hydrogen-bond donors (Lipinski definition) is 1. The first-order valence-corrected chi connectivity index (χ1v) is 6.40. The van der Waals surface area contributed by atoms with Crippen LogP contribution in [0.15, 0.2) is 18.2 Å². The minimum absolute atomic E-state index is 0.0294. The summed E-state index contributed by atoms with van der Waals surface area (Å²) in [4.78, 5) is 12.4. The smallest absolute Gasteiger partial charge is 0.273 e. The summed E-state index contributed by atoms with van der Waals surface area (Å²) in [5.74, 6) is 0.472. The van der Waals surface area contributed by atoms with Crippen LogP contribution >= 0.6 is 0 Å². The van der Waals surface area contributed by atoms with Crippen LogP contribution in [0.25, 0.3) is 0 Å². The highest BCUT2D eigenvalue weighted by atomic mass is 16.6. The van der Waals surface area contributed by atoms with Crippen molar-refractivity contribution < 1.29 is 9.66 Å². The number of nitro benzene ring substituents is 1. The maximum Gasteiger partial charge on any atom is 0.273 e. The van der Waals surface area contributed by atoms with Crippen LogP contribution in [0.4, 0.5) is 17.1 Å². The Kier molecular flexibility index (Phi) is 4.21. The van der Waals surface area contributed by atoms with Crippen molar-refractivity contribution in [3.63, 3.8) is 0 Å². The predicted molar refractivity (Wildman–Crippen MR) is 74.3 cm³/mol. The molecule has 0 aromatic heterocycles. The van der Waals surface area contributed by atoms with Gasteiger partial charge in [0.1, 0.15) is 0 Å². The first kappa shape index (κ1) is 13.6. The molecule has 1 aliphatic heterocycles. The third kappa shape index (κ3) is 3.57. The molecule has 1 aliphatic rings. The highest BCUT2D eigenvalue weighted by Crippen LogP contribution is 2.26. The van der Waals surface area contributed by atoms with E-state index >= 15 is 0 Å². The quantitative estimate of drug-likeness (QED) is 0.512. The largest absolute Gasteiger partial charge is 0.398 e. The SMILES string of the molecule is CN(CC1CCCOC1)c1cc(N)cc([N+](=O)[O-])c1. The minimum Gasteiger partial charge on any atom is -0.398 e. The Bertz CT molecular complexity index is 458. The summed E-state index contributed by atoms with van der Waals surface area (Å²) in [5.41, 5.74) is 6.93. The van der Waals surface area contributed by atoms with Crippen molar-refractivity contribution >= 4 is 17.1 Å². The molecule has 6 nitrogen and oxygen atoms in total. The highest BCUT2D eigenvalue weighted by molar-refractivity contribution is 5.62. The fourth-order valence-electron chi connectivity index (χ4n) is 2.39. The van der Waals surface area contributed by atoms with Gasteiger partial charge in [-0.15, -0.1) is 0 Å². The molecule has 1 atom stereocenters. The molecule has 2 rings (SSSR count). The second-order valence-corrected chi connectivity index (χ2v) is 5.00. The molecule has 2 N–H and O–H groups in total. The zero-order valence-electron chi connectivity index (χ0n) is 11.0. The lowest BCUT2D eigenvalue weighted by molar-refractivity contribution is -0.384. The standard InChI is InChI=1S/C13H19N3O3/c1-15(8-10-3-2-4-19-9-10)12-5-11(14)6-13(7-12)16(17)18/h5-7,10H,2-4,8-9,14H2,1H3. The van der Waals surface area contributed by atoms with E-state index in [0.717, 1.165) is 38.3 Å². The third-order valence-corrected chi connectivity index (χ3v) is 3.36. The fraction of sp³-hybridized carbons (Fsp3) is 0.538. The zero-order valence-corrected chi connectivity index (χ0v) is 11.0. The van der Waals surface area contributed by atoms with Gasteiger partial charge in [0, 0.05) is 43.7 Å². The van der Waals surface area contributed by atoms with E-state index in [0.29, 0.717) is 11.6 Å². The molecule has 6 heteroatoms. The molecule has 0 amide bonds. The number of nitro groups is 1.